The summed E-state index contributed by atoms with van der Waals surface area (Å²) in [5.41, 5.74) is 2.44. The third-order valence-electron chi connectivity index (χ3n) is 3.86. The Bertz CT molecular complexity index is 481. The van der Waals surface area contributed by atoms with E-state index < -0.39 is 0 Å². The van der Waals surface area contributed by atoms with Crippen LogP contribution in [0, 0.1) is 0 Å². The van der Waals surface area contributed by atoms with E-state index >= 15 is 0 Å². The summed E-state index contributed by atoms with van der Waals surface area (Å²) >= 11 is 0. The van der Waals surface area contributed by atoms with Gasteiger partial charge in [0.2, 0.25) is 6.79 Å². The first kappa shape index (κ1) is 22.3. The van der Waals surface area contributed by atoms with Crippen molar-refractivity contribution >= 4 is 0 Å². The van der Waals surface area contributed by atoms with Crippen molar-refractivity contribution in [1.29, 1.82) is 0 Å². The van der Waals surface area contributed by atoms with Gasteiger partial charge in [-0.3, -0.25) is 0 Å². The van der Waals surface area contributed by atoms with Crippen LogP contribution in [0.1, 0.15) is 44.2 Å². The van der Waals surface area contributed by atoms with Gasteiger partial charge < -0.3 is 23.7 Å². The van der Waals surface area contributed by atoms with Crippen LogP contribution in [-0.2, 0) is 44.6 Å². The zero-order chi connectivity index (χ0) is 17.0. The zero-order valence-corrected chi connectivity index (χ0v) is 16.7. The van der Waals surface area contributed by atoms with Crippen molar-refractivity contribution in [2.45, 2.75) is 46.1 Å². The second-order valence-electron chi connectivity index (χ2n) is 5.86. The number of benzene rings is 1. The Morgan fingerprint density at radius 1 is 0.800 bits per heavy atom. The van der Waals surface area contributed by atoms with Crippen molar-refractivity contribution < 1.29 is 41.0 Å². The second-order valence-corrected chi connectivity index (χ2v) is 5.86. The number of hydrogen-bond acceptors (Lipinski definition) is 5. The first-order valence-electron chi connectivity index (χ1n) is 8.99. The van der Waals surface area contributed by atoms with Gasteiger partial charge in [0.05, 0.1) is 33.0 Å². The van der Waals surface area contributed by atoms with E-state index in [-0.39, 0.29) is 17.4 Å². The van der Waals surface area contributed by atoms with Gasteiger partial charge in [-0.25, -0.2) is 0 Å². The summed E-state index contributed by atoms with van der Waals surface area (Å²) < 4.78 is 27.6. The summed E-state index contributed by atoms with van der Waals surface area (Å²) in [6, 6.07) is 4.12. The summed E-state index contributed by atoms with van der Waals surface area (Å²) in [7, 11) is 0. The summed E-state index contributed by atoms with van der Waals surface area (Å²) in [6.07, 6.45) is 4.38. The number of rotatable bonds is 13. The average molecular weight is 390 g/mol. The molecule has 2 rings (SSSR count). The fourth-order valence-electron chi connectivity index (χ4n) is 2.53. The number of aryl methyl sites for hydroxylation is 1. The first-order chi connectivity index (χ1) is 11.8. The molecule has 142 valence electrons. The Labute approximate surface area is 162 Å². The summed E-state index contributed by atoms with van der Waals surface area (Å²) in [5, 5.41) is 0. The molecule has 0 amide bonds. The smallest absolute Gasteiger partial charge is 0.231 e. The topological polar surface area (TPSA) is 46.2 Å². The maximum Gasteiger partial charge on any atom is 0.231 e. The van der Waals surface area contributed by atoms with E-state index in [1.165, 1.54) is 11.1 Å². The van der Waals surface area contributed by atoms with E-state index in [0.717, 1.165) is 43.8 Å². The fraction of sp³-hybridized carbons (Fsp3) is 0.684. The molecule has 0 spiro atoms. The van der Waals surface area contributed by atoms with Crippen LogP contribution in [0.15, 0.2) is 12.1 Å². The van der Waals surface area contributed by atoms with Crippen LogP contribution in [0.2, 0.25) is 0 Å². The SMILES string of the molecule is CCCCOCCOCCOCc1cc2c(cc1CCC)OCO2.[Cr]. The van der Waals surface area contributed by atoms with E-state index in [1.54, 1.807) is 0 Å². The Morgan fingerprint density at radius 2 is 1.40 bits per heavy atom. The van der Waals surface area contributed by atoms with Crippen LogP contribution >= 0.6 is 0 Å². The molecule has 1 heterocycles. The first-order valence-corrected chi connectivity index (χ1v) is 8.99. The third kappa shape index (κ3) is 7.98. The molecule has 1 aliphatic heterocycles. The van der Waals surface area contributed by atoms with Gasteiger partial charge in [-0.2, -0.15) is 0 Å². The monoisotopic (exact) mass is 390 g/mol. The van der Waals surface area contributed by atoms with Crippen LogP contribution in [0.3, 0.4) is 0 Å². The van der Waals surface area contributed by atoms with Crippen molar-refractivity contribution in [2.24, 2.45) is 0 Å². The van der Waals surface area contributed by atoms with Crippen molar-refractivity contribution in [3.8, 4) is 11.5 Å². The second kappa shape index (κ2) is 13.4. The molecule has 0 aromatic heterocycles. The normalized spacial score (nSPS) is 12.2. The van der Waals surface area contributed by atoms with Crippen molar-refractivity contribution in [1.82, 2.24) is 0 Å². The van der Waals surface area contributed by atoms with Crippen LogP contribution in [0.25, 0.3) is 0 Å². The molecule has 0 bridgehead atoms. The largest absolute Gasteiger partial charge is 0.454 e. The molecule has 0 unspecified atom stereocenters. The Kier molecular flexibility index (Phi) is 12.0. The number of fused-ring (bicyclic) bond motifs is 1. The average Bonchev–Trinajstić information content (AvgIpc) is 3.04. The Morgan fingerprint density at radius 3 is 2.04 bits per heavy atom. The molecule has 0 atom stereocenters. The van der Waals surface area contributed by atoms with Gasteiger partial charge in [0.1, 0.15) is 0 Å². The van der Waals surface area contributed by atoms with Gasteiger partial charge in [0.25, 0.3) is 0 Å². The van der Waals surface area contributed by atoms with E-state index in [0.29, 0.717) is 39.8 Å². The molecule has 1 aromatic carbocycles. The molecule has 0 saturated carbocycles. The molecule has 1 aliphatic rings. The van der Waals surface area contributed by atoms with Crippen molar-refractivity contribution in [3.05, 3.63) is 23.3 Å². The fourth-order valence-corrected chi connectivity index (χ4v) is 2.53. The van der Waals surface area contributed by atoms with Crippen molar-refractivity contribution in [2.75, 3.05) is 39.8 Å². The molecular weight excluding hydrogens is 360 g/mol. The zero-order valence-electron chi connectivity index (χ0n) is 15.4. The number of ether oxygens (including phenoxy) is 5. The Hall–Kier alpha value is -0.768. The molecule has 1 aromatic rings. The van der Waals surface area contributed by atoms with Gasteiger partial charge in [-0.05, 0) is 36.1 Å². The van der Waals surface area contributed by atoms with Crippen LogP contribution in [-0.4, -0.2) is 39.8 Å². The molecule has 5 nitrogen and oxygen atoms in total. The minimum atomic E-state index is 0. The van der Waals surface area contributed by atoms with Crippen LogP contribution in [0.5, 0.6) is 11.5 Å². The number of unbranched alkanes of at least 4 members (excludes halogenated alkanes) is 1. The summed E-state index contributed by atoms with van der Waals surface area (Å²) in [4.78, 5) is 0. The van der Waals surface area contributed by atoms with E-state index in [1.807, 2.05) is 6.07 Å². The predicted molar refractivity (Wildman–Crippen MR) is 92.8 cm³/mol. The van der Waals surface area contributed by atoms with Crippen molar-refractivity contribution in [3.63, 3.8) is 0 Å². The maximum atomic E-state index is 5.75. The van der Waals surface area contributed by atoms with Gasteiger partial charge in [-0.1, -0.05) is 26.7 Å². The minimum absolute atomic E-state index is 0. The third-order valence-corrected chi connectivity index (χ3v) is 3.86. The maximum absolute atomic E-state index is 5.75. The Balaban J connectivity index is 0.00000312. The molecule has 0 aliphatic carbocycles. The van der Waals surface area contributed by atoms with Crippen LogP contribution in [0.4, 0.5) is 0 Å². The van der Waals surface area contributed by atoms with Gasteiger partial charge in [0, 0.05) is 24.0 Å². The van der Waals surface area contributed by atoms with E-state index in [4.69, 9.17) is 23.7 Å². The summed E-state index contributed by atoms with van der Waals surface area (Å²) in [5.74, 6) is 1.66. The van der Waals surface area contributed by atoms with E-state index in [9.17, 15) is 0 Å². The molecule has 0 radical (unpaired) electrons. The van der Waals surface area contributed by atoms with Crippen LogP contribution < -0.4 is 9.47 Å². The van der Waals surface area contributed by atoms with Gasteiger partial charge in [0.15, 0.2) is 11.5 Å². The summed E-state index contributed by atoms with van der Waals surface area (Å²) in [6.45, 7) is 8.47. The molecule has 6 heteroatoms. The molecule has 0 N–H and O–H groups in total. The van der Waals surface area contributed by atoms with Gasteiger partial charge in [-0.15, -0.1) is 0 Å². The predicted octanol–water partition coefficient (Wildman–Crippen LogP) is 3.72. The molecule has 0 fully saturated rings. The molecule has 25 heavy (non-hydrogen) atoms. The minimum Gasteiger partial charge on any atom is -0.454 e. The molecular formula is C19H30CrO5. The van der Waals surface area contributed by atoms with E-state index in [2.05, 4.69) is 19.9 Å². The number of hydrogen-bond donors (Lipinski definition) is 0. The quantitative estimate of drug-likeness (QED) is 0.481. The van der Waals surface area contributed by atoms with Gasteiger partial charge >= 0.3 is 0 Å². The standard InChI is InChI=1S/C19H30O5.Cr/c1-3-5-7-20-8-9-21-10-11-22-14-17-13-19-18(23-15-24-19)12-16(17)6-4-2;/h12-13H,3-11,14-15H2,1-2H3;. The molecule has 0 saturated heterocycles.